The van der Waals surface area contributed by atoms with E-state index >= 15 is 0 Å². The highest BCUT2D eigenvalue weighted by Crippen LogP contribution is 2.36. The second kappa shape index (κ2) is 8.76. The predicted octanol–water partition coefficient (Wildman–Crippen LogP) is 6.32. The number of aryl methyl sites for hydroxylation is 1. The zero-order chi connectivity index (χ0) is 22.9. The van der Waals surface area contributed by atoms with Gasteiger partial charge in [0.2, 0.25) is 0 Å². The van der Waals surface area contributed by atoms with Crippen LogP contribution < -0.4 is 5.32 Å². The number of hydrogen-bond donors (Lipinski definition) is 1. The summed E-state index contributed by atoms with van der Waals surface area (Å²) < 4.78 is 53.9. The van der Waals surface area contributed by atoms with Crippen molar-refractivity contribution in [1.82, 2.24) is 9.88 Å². The number of alkyl halides is 3. The van der Waals surface area contributed by atoms with E-state index in [2.05, 4.69) is 10.3 Å². The number of carbonyl (C=O) groups excluding carboxylic acids is 1. The minimum absolute atomic E-state index is 0.111. The first-order valence-corrected chi connectivity index (χ1v) is 10.6. The van der Waals surface area contributed by atoms with Gasteiger partial charge in [0.25, 0.3) is 5.91 Å². The number of likely N-dealkylation sites (tertiary alicyclic amines) is 1. The molecule has 4 rings (SSSR count). The Morgan fingerprint density at radius 1 is 1.09 bits per heavy atom. The summed E-state index contributed by atoms with van der Waals surface area (Å²) in [6.45, 7) is 3.33. The summed E-state index contributed by atoms with van der Waals surface area (Å²) in [5.41, 5.74) is -0.309. The van der Waals surface area contributed by atoms with E-state index in [0.29, 0.717) is 41.9 Å². The van der Waals surface area contributed by atoms with Gasteiger partial charge in [-0.15, -0.1) is 0 Å². The first-order chi connectivity index (χ1) is 15.3. The van der Waals surface area contributed by atoms with Crippen molar-refractivity contribution in [1.29, 1.82) is 0 Å². The maximum atomic E-state index is 14.6. The molecule has 8 heteroatoms. The smallest absolute Gasteiger partial charge is 0.339 e. The van der Waals surface area contributed by atoms with E-state index in [1.54, 1.807) is 12.1 Å². The number of aromatic nitrogens is 1. The van der Waals surface area contributed by atoms with Crippen molar-refractivity contribution in [2.75, 3.05) is 18.4 Å². The van der Waals surface area contributed by atoms with Crippen LogP contribution in [0.5, 0.6) is 0 Å². The Bertz CT molecular complexity index is 1150. The summed E-state index contributed by atoms with van der Waals surface area (Å²) in [4.78, 5) is 19.4. The van der Waals surface area contributed by atoms with Gasteiger partial charge >= 0.3 is 6.18 Å². The van der Waals surface area contributed by atoms with E-state index in [9.17, 15) is 22.4 Å². The lowest BCUT2D eigenvalue weighted by Gasteiger charge is -2.27. The number of anilines is 2. The molecule has 2 heterocycles. The quantitative estimate of drug-likeness (QED) is 0.478. The van der Waals surface area contributed by atoms with Crippen LogP contribution in [0.25, 0.3) is 10.8 Å². The van der Waals surface area contributed by atoms with Crippen molar-refractivity contribution in [3.05, 3.63) is 65.1 Å². The Balaban J connectivity index is 1.81. The first kappa shape index (κ1) is 22.0. The molecule has 1 N–H and O–H groups in total. The van der Waals surface area contributed by atoms with Crippen molar-refractivity contribution < 1.29 is 22.4 Å². The average molecular weight is 445 g/mol. The highest BCUT2D eigenvalue weighted by atomic mass is 19.4. The maximum Gasteiger partial charge on any atom is 0.419 e. The summed E-state index contributed by atoms with van der Waals surface area (Å²) in [6.07, 6.45) is 0.273. The van der Waals surface area contributed by atoms with Crippen LogP contribution in [0.1, 0.15) is 47.7 Å². The number of benzene rings is 2. The van der Waals surface area contributed by atoms with Gasteiger partial charge in [0.15, 0.2) is 5.82 Å². The highest BCUT2D eigenvalue weighted by molar-refractivity contribution is 6.10. The van der Waals surface area contributed by atoms with Crippen LogP contribution in [0, 0.1) is 5.82 Å². The fraction of sp³-hybridized carbons (Fsp3) is 0.333. The summed E-state index contributed by atoms with van der Waals surface area (Å²) in [5.74, 6) is -1.31. The molecule has 3 aromatic rings. The normalized spacial score (nSPS) is 14.6. The third-order valence-corrected chi connectivity index (χ3v) is 5.81. The lowest BCUT2D eigenvalue weighted by molar-refractivity contribution is -0.139. The lowest BCUT2D eigenvalue weighted by Crippen LogP contribution is -2.35. The zero-order valence-corrected chi connectivity index (χ0v) is 17.6. The van der Waals surface area contributed by atoms with Crippen LogP contribution in [0.4, 0.5) is 29.1 Å². The summed E-state index contributed by atoms with van der Waals surface area (Å²) in [7, 11) is 0. The number of hydrogen-bond acceptors (Lipinski definition) is 3. The number of nitrogens with one attached hydrogen (secondary N) is 1. The van der Waals surface area contributed by atoms with Crippen molar-refractivity contribution in [3.63, 3.8) is 0 Å². The van der Waals surface area contributed by atoms with Crippen LogP contribution in [0.3, 0.4) is 0 Å². The molecule has 2 aromatic carbocycles. The van der Waals surface area contributed by atoms with Crippen molar-refractivity contribution >= 4 is 28.2 Å². The van der Waals surface area contributed by atoms with E-state index in [-0.39, 0.29) is 17.4 Å². The van der Waals surface area contributed by atoms with E-state index < -0.39 is 17.6 Å². The fourth-order valence-corrected chi connectivity index (χ4v) is 4.18. The van der Waals surface area contributed by atoms with Gasteiger partial charge in [-0.3, -0.25) is 4.79 Å². The number of carbonyl (C=O) groups is 1. The van der Waals surface area contributed by atoms with Gasteiger partial charge in [0.05, 0.1) is 16.8 Å². The van der Waals surface area contributed by atoms with E-state index in [4.69, 9.17) is 0 Å². The zero-order valence-electron chi connectivity index (χ0n) is 17.6. The summed E-state index contributed by atoms with van der Waals surface area (Å²) >= 11 is 0. The number of piperidine rings is 1. The molecule has 0 radical (unpaired) electrons. The lowest BCUT2D eigenvalue weighted by atomic mass is 9.98. The van der Waals surface area contributed by atoms with Crippen LogP contribution in [-0.4, -0.2) is 28.9 Å². The number of amides is 1. The highest BCUT2D eigenvalue weighted by Gasteiger charge is 2.35. The standard InChI is InChI=1S/C24H23F4N3O/c1-2-15-8-6-9-16-20(15)17(23(32)31-12-4-3-5-13-31)14-29-22(16)30-19-11-7-10-18(21(19)25)24(26,27)28/h6-11,14H,2-5,12-13H2,1H3,(H,29,30). The molecule has 0 spiro atoms. The number of halogens is 4. The molecule has 0 unspecified atom stereocenters. The molecule has 0 atom stereocenters. The third-order valence-electron chi connectivity index (χ3n) is 5.81. The van der Waals surface area contributed by atoms with Gasteiger partial charge in [-0.05, 0) is 43.4 Å². The van der Waals surface area contributed by atoms with Crippen LogP contribution >= 0.6 is 0 Å². The Kier molecular flexibility index (Phi) is 6.04. The molecule has 0 saturated carbocycles. The van der Waals surface area contributed by atoms with Crippen LogP contribution in [0.15, 0.2) is 42.6 Å². The monoisotopic (exact) mass is 445 g/mol. The molecule has 1 fully saturated rings. The van der Waals surface area contributed by atoms with Gasteiger partial charge in [0, 0.05) is 30.1 Å². The minimum atomic E-state index is -4.81. The predicted molar refractivity (Wildman–Crippen MR) is 116 cm³/mol. The summed E-state index contributed by atoms with van der Waals surface area (Å²) in [6, 6.07) is 8.51. The Morgan fingerprint density at radius 3 is 2.50 bits per heavy atom. The molecule has 1 saturated heterocycles. The third kappa shape index (κ3) is 4.13. The van der Waals surface area contributed by atoms with Crippen LogP contribution in [-0.2, 0) is 12.6 Å². The molecular weight excluding hydrogens is 422 g/mol. The molecule has 1 aliphatic heterocycles. The largest absolute Gasteiger partial charge is 0.419 e. The second-order valence-electron chi connectivity index (χ2n) is 7.86. The fourth-order valence-electron chi connectivity index (χ4n) is 4.18. The summed E-state index contributed by atoms with van der Waals surface area (Å²) in [5, 5.41) is 3.96. The van der Waals surface area contributed by atoms with Gasteiger partial charge in [-0.25, -0.2) is 9.37 Å². The van der Waals surface area contributed by atoms with E-state index in [1.165, 1.54) is 12.3 Å². The maximum absolute atomic E-state index is 14.6. The van der Waals surface area contributed by atoms with Gasteiger partial charge in [-0.2, -0.15) is 13.2 Å². The van der Waals surface area contributed by atoms with Gasteiger partial charge in [-0.1, -0.05) is 31.2 Å². The average Bonchev–Trinajstić information content (AvgIpc) is 2.79. The number of fused-ring (bicyclic) bond motifs is 1. The van der Waals surface area contributed by atoms with Crippen molar-refractivity contribution in [3.8, 4) is 0 Å². The van der Waals surface area contributed by atoms with E-state index in [0.717, 1.165) is 30.9 Å². The van der Waals surface area contributed by atoms with Gasteiger partial charge < -0.3 is 10.2 Å². The SMILES string of the molecule is CCc1cccc2c(Nc3cccc(C(F)(F)F)c3F)ncc(C(=O)N3CCCCC3)c12. The molecule has 0 bridgehead atoms. The number of rotatable bonds is 4. The number of pyridine rings is 1. The molecular formula is C24H23F4N3O. The first-order valence-electron chi connectivity index (χ1n) is 10.6. The Morgan fingerprint density at radius 2 is 1.81 bits per heavy atom. The number of nitrogens with zero attached hydrogens (tertiary/aromatic N) is 2. The van der Waals surface area contributed by atoms with E-state index in [1.807, 2.05) is 17.9 Å². The molecule has 4 nitrogen and oxygen atoms in total. The molecule has 0 aliphatic carbocycles. The molecule has 168 valence electrons. The second-order valence-corrected chi connectivity index (χ2v) is 7.86. The Hall–Kier alpha value is -3.16. The Labute approximate surface area is 183 Å². The van der Waals surface area contributed by atoms with Crippen molar-refractivity contribution in [2.45, 2.75) is 38.8 Å². The minimum Gasteiger partial charge on any atom is -0.339 e. The topological polar surface area (TPSA) is 45.2 Å². The van der Waals surface area contributed by atoms with Crippen molar-refractivity contribution in [2.24, 2.45) is 0 Å². The van der Waals surface area contributed by atoms with Crippen LogP contribution in [0.2, 0.25) is 0 Å². The molecule has 1 amide bonds. The molecule has 1 aromatic heterocycles. The molecule has 32 heavy (non-hydrogen) atoms. The molecule has 1 aliphatic rings. The van der Waals surface area contributed by atoms with Gasteiger partial charge in [0.1, 0.15) is 5.82 Å².